The molecule has 2 aliphatic rings. The van der Waals surface area contributed by atoms with E-state index in [1.165, 1.54) is 0 Å². The molecule has 2 fully saturated rings. The number of nitrogens with zero attached hydrogens (tertiary/aromatic N) is 1. The fourth-order valence-corrected chi connectivity index (χ4v) is 3.34. The summed E-state index contributed by atoms with van der Waals surface area (Å²) in [5.74, 6) is -0.761. The Morgan fingerprint density at radius 2 is 1.88 bits per heavy atom. The number of carboxylic acid groups (broad SMARTS) is 1. The third-order valence-corrected chi connectivity index (χ3v) is 3.77. The minimum atomic E-state index is -0.849. The molecule has 0 aromatic rings. The van der Waals surface area contributed by atoms with Gasteiger partial charge in [0.1, 0.15) is 0 Å². The molecule has 2 heterocycles. The number of hydrogen-bond donors (Lipinski definition) is 2. The lowest BCUT2D eigenvalue weighted by molar-refractivity contribution is -0.140. The standard InChI is InChI=1S/C11H18N2O3/c1-7(14)13-8-2-3-9(13)5-11(12,4-8)6-10(15)16/h8-9H,2-6,12H2,1H3,(H,15,16). The third-order valence-electron chi connectivity index (χ3n) is 3.77. The number of carboxylic acids is 1. The van der Waals surface area contributed by atoms with Gasteiger partial charge >= 0.3 is 5.97 Å². The van der Waals surface area contributed by atoms with Crippen LogP contribution in [0, 0.1) is 0 Å². The van der Waals surface area contributed by atoms with Crippen LogP contribution in [-0.2, 0) is 9.59 Å². The lowest BCUT2D eigenvalue weighted by Crippen LogP contribution is -2.57. The molecule has 0 radical (unpaired) electrons. The molecular weight excluding hydrogens is 208 g/mol. The van der Waals surface area contributed by atoms with Crippen molar-refractivity contribution in [3.8, 4) is 0 Å². The van der Waals surface area contributed by atoms with Crippen LogP contribution < -0.4 is 5.73 Å². The highest BCUT2D eigenvalue weighted by Gasteiger charge is 2.48. The Morgan fingerprint density at radius 1 is 1.38 bits per heavy atom. The summed E-state index contributed by atoms with van der Waals surface area (Å²) in [5, 5.41) is 8.84. The zero-order chi connectivity index (χ0) is 11.9. The highest BCUT2D eigenvalue weighted by Crippen LogP contribution is 2.40. The van der Waals surface area contributed by atoms with Crippen molar-refractivity contribution in [1.82, 2.24) is 4.90 Å². The molecule has 5 heteroatoms. The lowest BCUT2D eigenvalue weighted by atomic mass is 9.81. The SMILES string of the molecule is CC(=O)N1C2CCC1CC(N)(CC(=O)O)C2. The van der Waals surface area contributed by atoms with E-state index in [2.05, 4.69) is 0 Å². The molecule has 0 aromatic heterocycles. The second kappa shape index (κ2) is 3.73. The Kier molecular flexibility index (Phi) is 2.66. The summed E-state index contributed by atoms with van der Waals surface area (Å²) in [4.78, 5) is 24.1. The fraction of sp³-hybridized carbons (Fsp3) is 0.818. The van der Waals surface area contributed by atoms with Gasteiger partial charge in [0, 0.05) is 24.5 Å². The maximum Gasteiger partial charge on any atom is 0.305 e. The molecule has 1 amide bonds. The first kappa shape index (κ1) is 11.4. The van der Waals surface area contributed by atoms with Gasteiger partial charge in [-0.2, -0.15) is 0 Å². The number of piperidine rings is 1. The van der Waals surface area contributed by atoms with E-state index >= 15 is 0 Å². The van der Waals surface area contributed by atoms with Gasteiger partial charge in [-0.15, -0.1) is 0 Å². The molecule has 0 aromatic carbocycles. The number of aliphatic carboxylic acids is 1. The molecule has 3 N–H and O–H groups in total. The third kappa shape index (κ3) is 1.91. The summed E-state index contributed by atoms with van der Waals surface area (Å²) in [5.41, 5.74) is 5.50. The Morgan fingerprint density at radius 3 is 2.25 bits per heavy atom. The summed E-state index contributed by atoms with van der Waals surface area (Å²) < 4.78 is 0. The molecule has 2 rings (SSSR count). The van der Waals surface area contributed by atoms with Crippen molar-refractivity contribution in [3.05, 3.63) is 0 Å². The number of nitrogens with two attached hydrogens (primary N) is 1. The number of amides is 1. The minimum Gasteiger partial charge on any atom is -0.481 e. The monoisotopic (exact) mass is 226 g/mol. The van der Waals surface area contributed by atoms with Gasteiger partial charge < -0.3 is 15.7 Å². The van der Waals surface area contributed by atoms with E-state index in [-0.39, 0.29) is 24.4 Å². The number of carbonyl (C=O) groups excluding carboxylic acids is 1. The molecule has 2 aliphatic heterocycles. The highest BCUT2D eigenvalue weighted by atomic mass is 16.4. The number of carbonyl (C=O) groups is 2. The van der Waals surface area contributed by atoms with Crippen molar-refractivity contribution in [2.24, 2.45) is 5.73 Å². The van der Waals surface area contributed by atoms with Crippen molar-refractivity contribution >= 4 is 11.9 Å². The van der Waals surface area contributed by atoms with E-state index in [1.54, 1.807) is 6.92 Å². The van der Waals surface area contributed by atoms with Crippen molar-refractivity contribution in [1.29, 1.82) is 0 Å². The van der Waals surface area contributed by atoms with Crippen molar-refractivity contribution in [2.45, 2.75) is 56.7 Å². The first-order valence-electron chi connectivity index (χ1n) is 5.71. The molecule has 16 heavy (non-hydrogen) atoms. The predicted octanol–water partition coefficient (Wildman–Crippen LogP) is 0.332. The van der Waals surface area contributed by atoms with E-state index in [4.69, 9.17) is 10.8 Å². The van der Waals surface area contributed by atoms with Gasteiger partial charge in [0.15, 0.2) is 0 Å². The predicted molar refractivity (Wildman–Crippen MR) is 57.7 cm³/mol. The zero-order valence-corrected chi connectivity index (χ0v) is 9.48. The summed E-state index contributed by atoms with van der Waals surface area (Å²) in [6.45, 7) is 1.58. The van der Waals surface area contributed by atoms with Gasteiger partial charge in [0.25, 0.3) is 0 Å². The van der Waals surface area contributed by atoms with Gasteiger partial charge in [0.05, 0.1) is 6.42 Å². The zero-order valence-electron chi connectivity index (χ0n) is 9.48. The van der Waals surface area contributed by atoms with Crippen LogP contribution in [0.15, 0.2) is 0 Å². The molecule has 2 unspecified atom stereocenters. The molecule has 90 valence electrons. The van der Waals surface area contributed by atoms with E-state index in [0.717, 1.165) is 12.8 Å². The summed E-state index contributed by atoms with van der Waals surface area (Å²) in [6, 6.07) is 0.307. The van der Waals surface area contributed by atoms with Crippen molar-refractivity contribution in [2.75, 3.05) is 0 Å². The van der Waals surface area contributed by atoms with Crippen molar-refractivity contribution in [3.63, 3.8) is 0 Å². The maximum absolute atomic E-state index is 11.5. The fourth-order valence-electron chi connectivity index (χ4n) is 3.34. The van der Waals surface area contributed by atoms with Gasteiger partial charge in [-0.1, -0.05) is 0 Å². The van der Waals surface area contributed by atoms with Crippen LogP contribution in [0.2, 0.25) is 0 Å². The molecule has 5 nitrogen and oxygen atoms in total. The Bertz CT molecular complexity index is 315. The Balaban J connectivity index is 2.12. The van der Waals surface area contributed by atoms with Crippen LogP contribution >= 0.6 is 0 Å². The van der Waals surface area contributed by atoms with Gasteiger partial charge in [-0.05, 0) is 25.7 Å². The summed E-state index contributed by atoms with van der Waals surface area (Å²) in [7, 11) is 0. The van der Waals surface area contributed by atoms with E-state index in [0.29, 0.717) is 12.8 Å². The first-order valence-corrected chi connectivity index (χ1v) is 5.71. The Labute approximate surface area is 94.6 Å². The minimum absolute atomic E-state index is 0.00570. The normalized spacial score (nSPS) is 37.5. The molecule has 2 bridgehead atoms. The smallest absolute Gasteiger partial charge is 0.305 e. The maximum atomic E-state index is 11.5. The van der Waals surface area contributed by atoms with Crippen LogP contribution in [0.1, 0.15) is 39.0 Å². The van der Waals surface area contributed by atoms with Crippen LogP contribution in [-0.4, -0.2) is 39.5 Å². The number of fused-ring (bicyclic) bond motifs is 2. The Hall–Kier alpha value is -1.10. The second-order valence-corrected chi connectivity index (χ2v) is 5.15. The van der Waals surface area contributed by atoms with Crippen LogP contribution in [0.4, 0.5) is 0 Å². The molecule has 2 saturated heterocycles. The highest BCUT2D eigenvalue weighted by molar-refractivity contribution is 5.75. The van der Waals surface area contributed by atoms with Gasteiger partial charge in [-0.25, -0.2) is 0 Å². The van der Waals surface area contributed by atoms with Crippen LogP contribution in [0.3, 0.4) is 0 Å². The topological polar surface area (TPSA) is 83.6 Å². The largest absolute Gasteiger partial charge is 0.481 e. The van der Waals surface area contributed by atoms with Crippen molar-refractivity contribution < 1.29 is 14.7 Å². The van der Waals surface area contributed by atoms with Crippen LogP contribution in [0.25, 0.3) is 0 Å². The summed E-state index contributed by atoms with van der Waals surface area (Å²) in [6.07, 6.45) is 3.17. The molecular formula is C11H18N2O3. The van der Waals surface area contributed by atoms with E-state index < -0.39 is 11.5 Å². The number of rotatable bonds is 2. The first-order chi connectivity index (χ1) is 7.41. The average molecular weight is 226 g/mol. The second-order valence-electron chi connectivity index (χ2n) is 5.15. The lowest BCUT2D eigenvalue weighted by Gasteiger charge is -2.43. The van der Waals surface area contributed by atoms with E-state index in [9.17, 15) is 9.59 Å². The number of hydrogen-bond acceptors (Lipinski definition) is 3. The molecule has 2 atom stereocenters. The quantitative estimate of drug-likeness (QED) is 0.710. The molecule has 0 spiro atoms. The van der Waals surface area contributed by atoms with Gasteiger partial charge in [-0.3, -0.25) is 9.59 Å². The van der Waals surface area contributed by atoms with E-state index in [1.807, 2.05) is 4.90 Å². The van der Waals surface area contributed by atoms with Gasteiger partial charge in [0.2, 0.25) is 5.91 Å². The molecule has 0 aliphatic carbocycles. The molecule has 0 saturated carbocycles. The summed E-state index contributed by atoms with van der Waals surface area (Å²) >= 11 is 0. The van der Waals surface area contributed by atoms with Crippen LogP contribution in [0.5, 0.6) is 0 Å². The average Bonchev–Trinajstić information content (AvgIpc) is 2.38.